The van der Waals surface area contributed by atoms with E-state index in [1.165, 1.54) is 0 Å². The highest BCUT2D eigenvalue weighted by atomic mass is 16.5. The Morgan fingerprint density at radius 3 is 2.95 bits per heavy atom. The molecule has 3 heterocycles. The molecule has 0 atom stereocenters. The van der Waals surface area contributed by atoms with E-state index in [1.54, 1.807) is 13.3 Å². The average molecular weight is 271 g/mol. The molecular weight excluding hydrogens is 254 g/mol. The minimum absolute atomic E-state index is 0.594. The SMILES string of the molecule is CCCn1nccc1-c1nc2c(OC)cccn2c1N. The van der Waals surface area contributed by atoms with Crippen LogP contribution in [0.15, 0.2) is 30.6 Å². The van der Waals surface area contributed by atoms with Crippen molar-refractivity contribution in [1.82, 2.24) is 19.2 Å². The van der Waals surface area contributed by atoms with Gasteiger partial charge in [-0.1, -0.05) is 6.92 Å². The molecule has 20 heavy (non-hydrogen) atoms. The smallest absolute Gasteiger partial charge is 0.181 e. The Bertz CT molecular complexity index is 743. The van der Waals surface area contributed by atoms with Crippen molar-refractivity contribution in [3.8, 4) is 17.1 Å². The van der Waals surface area contributed by atoms with Crippen LogP contribution < -0.4 is 10.5 Å². The van der Waals surface area contributed by atoms with Gasteiger partial charge in [0, 0.05) is 18.9 Å². The second-order valence-electron chi connectivity index (χ2n) is 4.56. The Balaban J connectivity index is 2.21. The maximum absolute atomic E-state index is 6.22. The van der Waals surface area contributed by atoms with Crippen molar-refractivity contribution < 1.29 is 4.74 Å². The van der Waals surface area contributed by atoms with Gasteiger partial charge in [-0.3, -0.25) is 9.08 Å². The summed E-state index contributed by atoms with van der Waals surface area (Å²) in [7, 11) is 1.63. The standard InChI is InChI=1S/C14H17N5O/c1-3-8-19-10(6-7-16-19)12-13(15)18-9-4-5-11(20-2)14(18)17-12/h4-7,9H,3,8,15H2,1-2H3. The summed E-state index contributed by atoms with van der Waals surface area (Å²) in [5, 5.41) is 4.32. The molecular formula is C14H17N5O. The number of aromatic nitrogens is 4. The van der Waals surface area contributed by atoms with Crippen molar-refractivity contribution in [1.29, 1.82) is 0 Å². The fraction of sp³-hybridized carbons (Fsp3) is 0.286. The van der Waals surface area contributed by atoms with Gasteiger partial charge in [-0.05, 0) is 24.6 Å². The lowest BCUT2D eigenvalue weighted by atomic mass is 10.3. The molecule has 3 rings (SSSR count). The van der Waals surface area contributed by atoms with Crippen LogP contribution in [0, 0.1) is 0 Å². The molecule has 0 aliphatic heterocycles. The van der Waals surface area contributed by atoms with E-state index < -0.39 is 0 Å². The zero-order valence-corrected chi connectivity index (χ0v) is 11.6. The fourth-order valence-corrected chi connectivity index (χ4v) is 2.33. The lowest BCUT2D eigenvalue weighted by Gasteiger charge is -2.04. The maximum atomic E-state index is 6.22. The normalized spacial score (nSPS) is 11.1. The van der Waals surface area contributed by atoms with Crippen LogP contribution in [0.1, 0.15) is 13.3 Å². The Hall–Kier alpha value is -2.50. The van der Waals surface area contributed by atoms with Crippen molar-refractivity contribution >= 4 is 11.5 Å². The highest BCUT2D eigenvalue weighted by Crippen LogP contribution is 2.30. The molecule has 6 heteroatoms. The number of methoxy groups -OCH3 is 1. The van der Waals surface area contributed by atoms with Gasteiger partial charge in [0.05, 0.1) is 12.8 Å². The second kappa shape index (κ2) is 4.88. The second-order valence-corrected chi connectivity index (χ2v) is 4.56. The predicted molar refractivity (Wildman–Crippen MR) is 77.7 cm³/mol. The number of nitrogen functional groups attached to an aromatic ring is 1. The number of pyridine rings is 1. The first kappa shape index (κ1) is 12.5. The van der Waals surface area contributed by atoms with Crippen molar-refractivity contribution in [3.63, 3.8) is 0 Å². The van der Waals surface area contributed by atoms with Crippen LogP contribution in [0.3, 0.4) is 0 Å². The van der Waals surface area contributed by atoms with Gasteiger partial charge in [0.1, 0.15) is 11.5 Å². The van der Waals surface area contributed by atoms with Crippen molar-refractivity contribution in [2.45, 2.75) is 19.9 Å². The number of aryl methyl sites for hydroxylation is 1. The number of imidazole rings is 1. The Morgan fingerprint density at radius 2 is 2.20 bits per heavy atom. The van der Waals surface area contributed by atoms with Gasteiger partial charge in [-0.15, -0.1) is 0 Å². The van der Waals surface area contributed by atoms with Gasteiger partial charge in [-0.2, -0.15) is 5.10 Å². The molecule has 0 amide bonds. The van der Waals surface area contributed by atoms with Crippen LogP contribution in [0.5, 0.6) is 5.75 Å². The molecule has 0 spiro atoms. The molecule has 0 fully saturated rings. The summed E-state index contributed by atoms with van der Waals surface area (Å²) in [5.74, 6) is 1.30. The van der Waals surface area contributed by atoms with Crippen molar-refractivity contribution in [3.05, 3.63) is 30.6 Å². The molecule has 0 saturated carbocycles. The molecule has 0 aromatic carbocycles. The third-order valence-electron chi connectivity index (χ3n) is 3.27. The summed E-state index contributed by atoms with van der Waals surface area (Å²) in [6, 6.07) is 5.69. The number of nitrogens with zero attached hydrogens (tertiary/aromatic N) is 4. The molecule has 3 aromatic heterocycles. The minimum atomic E-state index is 0.594. The van der Waals surface area contributed by atoms with Gasteiger partial charge in [0.25, 0.3) is 0 Å². The summed E-state index contributed by atoms with van der Waals surface area (Å²) in [4.78, 5) is 4.62. The monoisotopic (exact) mass is 271 g/mol. The average Bonchev–Trinajstić information content (AvgIpc) is 3.04. The number of nitrogens with two attached hydrogens (primary N) is 1. The zero-order valence-electron chi connectivity index (χ0n) is 11.6. The van der Waals surface area contributed by atoms with Crippen LogP contribution in [0.25, 0.3) is 17.0 Å². The van der Waals surface area contributed by atoms with Crippen LogP contribution in [-0.2, 0) is 6.54 Å². The molecule has 3 aromatic rings. The van der Waals surface area contributed by atoms with Crippen molar-refractivity contribution in [2.24, 2.45) is 0 Å². The highest BCUT2D eigenvalue weighted by molar-refractivity contribution is 5.75. The van der Waals surface area contributed by atoms with E-state index in [4.69, 9.17) is 10.5 Å². The Kier molecular flexibility index (Phi) is 3.06. The van der Waals surface area contributed by atoms with E-state index >= 15 is 0 Å². The largest absolute Gasteiger partial charge is 0.493 e. The molecule has 0 unspecified atom stereocenters. The summed E-state index contributed by atoms with van der Waals surface area (Å²) in [5.41, 5.74) is 8.60. The molecule has 2 N–H and O–H groups in total. The van der Waals surface area contributed by atoms with E-state index in [-0.39, 0.29) is 0 Å². The van der Waals surface area contributed by atoms with E-state index in [1.807, 2.05) is 33.5 Å². The third-order valence-corrected chi connectivity index (χ3v) is 3.27. The number of anilines is 1. The fourth-order valence-electron chi connectivity index (χ4n) is 2.33. The van der Waals surface area contributed by atoms with E-state index in [0.29, 0.717) is 17.2 Å². The first-order valence-electron chi connectivity index (χ1n) is 6.59. The predicted octanol–water partition coefficient (Wildman–Crippen LogP) is 2.20. The van der Waals surface area contributed by atoms with E-state index in [2.05, 4.69) is 17.0 Å². The summed E-state index contributed by atoms with van der Waals surface area (Å²) >= 11 is 0. The van der Waals surface area contributed by atoms with Gasteiger partial charge < -0.3 is 10.5 Å². The first-order valence-corrected chi connectivity index (χ1v) is 6.59. The van der Waals surface area contributed by atoms with Crippen molar-refractivity contribution in [2.75, 3.05) is 12.8 Å². The summed E-state index contributed by atoms with van der Waals surface area (Å²) in [6.45, 7) is 2.95. The molecule has 0 bridgehead atoms. The van der Waals surface area contributed by atoms with E-state index in [9.17, 15) is 0 Å². The zero-order chi connectivity index (χ0) is 14.1. The van der Waals surface area contributed by atoms with E-state index in [0.717, 1.165) is 24.4 Å². The number of fused-ring (bicyclic) bond motifs is 1. The third kappa shape index (κ3) is 1.80. The molecule has 0 radical (unpaired) electrons. The highest BCUT2D eigenvalue weighted by Gasteiger charge is 2.17. The first-order chi connectivity index (χ1) is 9.76. The van der Waals surface area contributed by atoms with Gasteiger partial charge >= 0.3 is 0 Å². The number of hydrogen-bond acceptors (Lipinski definition) is 4. The molecule has 0 aliphatic carbocycles. The maximum Gasteiger partial charge on any atom is 0.181 e. The summed E-state index contributed by atoms with van der Waals surface area (Å²) < 4.78 is 9.08. The number of ether oxygens (including phenoxy) is 1. The Labute approximate surface area is 116 Å². The minimum Gasteiger partial charge on any atom is -0.493 e. The molecule has 6 nitrogen and oxygen atoms in total. The topological polar surface area (TPSA) is 70.4 Å². The summed E-state index contributed by atoms with van der Waals surface area (Å²) in [6.07, 6.45) is 4.65. The lowest BCUT2D eigenvalue weighted by molar-refractivity contribution is 0.417. The lowest BCUT2D eigenvalue weighted by Crippen LogP contribution is -2.02. The van der Waals surface area contributed by atoms with Crippen LogP contribution in [-0.4, -0.2) is 26.3 Å². The number of rotatable bonds is 4. The van der Waals surface area contributed by atoms with Gasteiger partial charge in [0.15, 0.2) is 11.4 Å². The van der Waals surface area contributed by atoms with Gasteiger partial charge in [-0.25, -0.2) is 4.98 Å². The molecule has 0 saturated heterocycles. The van der Waals surface area contributed by atoms with Crippen LogP contribution in [0.2, 0.25) is 0 Å². The van der Waals surface area contributed by atoms with Crippen LogP contribution >= 0.6 is 0 Å². The molecule has 104 valence electrons. The van der Waals surface area contributed by atoms with Gasteiger partial charge in [0.2, 0.25) is 0 Å². The molecule has 0 aliphatic rings. The number of hydrogen-bond donors (Lipinski definition) is 1. The Morgan fingerprint density at radius 1 is 1.35 bits per heavy atom. The quantitative estimate of drug-likeness (QED) is 0.789. The van der Waals surface area contributed by atoms with Crippen LogP contribution in [0.4, 0.5) is 5.82 Å².